The molecule has 0 bridgehead atoms. The Morgan fingerprint density at radius 3 is 3.15 bits per heavy atom. The third kappa shape index (κ3) is 1.42. The molecule has 13 heavy (non-hydrogen) atoms. The van der Waals surface area contributed by atoms with Gasteiger partial charge < -0.3 is 5.11 Å². The molecule has 0 fully saturated rings. The van der Waals surface area contributed by atoms with E-state index in [2.05, 4.69) is 10.2 Å². The van der Waals surface area contributed by atoms with Gasteiger partial charge in [0.15, 0.2) is 0 Å². The Balaban J connectivity index is 2.48. The zero-order chi connectivity index (χ0) is 9.26. The summed E-state index contributed by atoms with van der Waals surface area (Å²) in [6.45, 7) is 2.18. The lowest BCUT2D eigenvalue weighted by Crippen LogP contribution is -1.98. The molecule has 0 saturated heterocycles. The van der Waals surface area contributed by atoms with Crippen molar-refractivity contribution < 1.29 is 5.11 Å². The molecule has 0 aliphatic carbocycles. The van der Waals surface area contributed by atoms with Gasteiger partial charge in [-0.05, 0) is 11.6 Å². The van der Waals surface area contributed by atoms with Gasteiger partial charge in [0.25, 0.3) is 0 Å². The van der Waals surface area contributed by atoms with Crippen molar-refractivity contribution in [1.82, 2.24) is 10.2 Å². The molecule has 2 aromatic rings. The van der Waals surface area contributed by atoms with Gasteiger partial charge in [0.2, 0.25) is 0 Å². The van der Waals surface area contributed by atoms with Crippen LogP contribution in [-0.4, -0.2) is 21.9 Å². The number of fused-ring (bicyclic) bond motifs is 1. The molecule has 0 aliphatic heterocycles. The Labute approximate surface area is 76.4 Å². The molecule has 3 heteroatoms. The first kappa shape index (κ1) is 8.26. The van der Waals surface area contributed by atoms with Crippen molar-refractivity contribution >= 4 is 10.9 Å². The van der Waals surface area contributed by atoms with Crippen molar-refractivity contribution in [2.75, 3.05) is 6.61 Å². The average molecular weight is 176 g/mol. The number of nitrogens with one attached hydrogen (secondary N) is 1. The summed E-state index contributed by atoms with van der Waals surface area (Å²) < 4.78 is 0. The summed E-state index contributed by atoms with van der Waals surface area (Å²) in [6, 6.07) is 6.07. The molecule has 1 unspecified atom stereocenters. The SMILES string of the molecule is CC(CO)c1ccc2cn[nH]c2c1. The smallest absolute Gasteiger partial charge is 0.0653 e. The minimum atomic E-state index is 0.180. The predicted molar refractivity (Wildman–Crippen MR) is 51.6 cm³/mol. The Hall–Kier alpha value is -1.35. The molecule has 0 saturated carbocycles. The van der Waals surface area contributed by atoms with E-state index in [1.165, 1.54) is 0 Å². The van der Waals surface area contributed by atoms with Gasteiger partial charge in [0.05, 0.1) is 11.7 Å². The maximum absolute atomic E-state index is 8.99. The molecule has 1 aromatic carbocycles. The highest BCUT2D eigenvalue weighted by Crippen LogP contribution is 2.19. The van der Waals surface area contributed by atoms with Gasteiger partial charge in [-0.25, -0.2) is 0 Å². The molecule has 0 amide bonds. The van der Waals surface area contributed by atoms with E-state index in [1.54, 1.807) is 6.20 Å². The van der Waals surface area contributed by atoms with Gasteiger partial charge in [-0.2, -0.15) is 5.10 Å². The lowest BCUT2D eigenvalue weighted by Gasteiger charge is -2.07. The molecule has 2 N–H and O–H groups in total. The third-order valence-corrected chi connectivity index (χ3v) is 2.31. The molecule has 0 spiro atoms. The van der Waals surface area contributed by atoms with E-state index < -0.39 is 0 Å². The van der Waals surface area contributed by atoms with Gasteiger partial charge in [0.1, 0.15) is 0 Å². The van der Waals surface area contributed by atoms with Crippen LogP contribution in [0.1, 0.15) is 18.4 Å². The monoisotopic (exact) mass is 176 g/mol. The van der Waals surface area contributed by atoms with Gasteiger partial charge >= 0.3 is 0 Å². The van der Waals surface area contributed by atoms with E-state index in [1.807, 2.05) is 25.1 Å². The first-order chi connectivity index (χ1) is 6.31. The number of hydrogen-bond acceptors (Lipinski definition) is 2. The van der Waals surface area contributed by atoms with Crippen molar-refractivity contribution in [2.45, 2.75) is 12.8 Å². The molecular weight excluding hydrogens is 164 g/mol. The van der Waals surface area contributed by atoms with E-state index in [0.717, 1.165) is 16.5 Å². The van der Waals surface area contributed by atoms with Gasteiger partial charge in [-0.3, -0.25) is 5.10 Å². The molecule has 1 heterocycles. The Kier molecular flexibility index (Phi) is 2.02. The van der Waals surface area contributed by atoms with Crippen molar-refractivity contribution in [2.24, 2.45) is 0 Å². The lowest BCUT2D eigenvalue weighted by atomic mass is 10.0. The summed E-state index contributed by atoms with van der Waals surface area (Å²) >= 11 is 0. The van der Waals surface area contributed by atoms with Crippen molar-refractivity contribution in [3.05, 3.63) is 30.0 Å². The van der Waals surface area contributed by atoms with Crippen LogP contribution < -0.4 is 0 Å². The molecular formula is C10H12N2O. The number of aromatic amines is 1. The van der Waals surface area contributed by atoms with Gasteiger partial charge in [-0.15, -0.1) is 0 Å². The second-order valence-corrected chi connectivity index (χ2v) is 3.30. The fourth-order valence-electron chi connectivity index (χ4n) is 1.37. The van der Waals surface area contributed by atoms with E-state index in [4.69, 9.17) is 5.11 Å². The van der Waals surface area contributed by atoms with Crippen LogP contribution in [0, 0.1) is 0 Å². The molecule has 0 radical (unpaired) electrons. The quantitative estimate of drug-likeness (QED) is 0.731. The number of H-pyrrole nitrogens is 1. The first-order valence-electron chi connectivity index (χ1n) is 4.35. The van der Waals surface area contributed by atoms with E-state index in [-0.39, 0.29) is 12.5 Å². The molecule has 1 atom stereocenters. The highest BCUT2D eigenvalue weighted by molar-refractivity contribution is 5.78. The summed E-state index contributed by atoms with van der Waals surface area (Å²) in [5, 5.41) is 16.9. The lowest BCUT2D eigenvalue weighted by molar-refractivity contribution is 0.273. The van der Waals surface area contributed by atoms with E-state index >= 15 is 0 Å². The number of aliphatic hydroxyl groups is 1. The topological polar surface area (TPSA) is 48.9 Å². The average Bonchev–Trinajstić information content (AvgIpc) is 2.63. The Bertz CT molecular complexity index is 408. The van der Waals surface area contributed by atoms with Crippen LogP contribution in [0.5, 0.6) is 0 Å². The number of hydrogen-bond donors (Lipinski definition) is 2. The molecule has 68 valence electrons. The largest absolute Gasteiger partial charge is 0.396 e. The molecule has 0 aliphatic rings. The van der Waals surface area contributed by atoms with Crippen LogP contribution in [0.25, 0.3) is 10.9 Å². The standard InChI is InChI=1S/C10H12N2O/c1-7(6-13)8-2-3-9-5-11-12-10(9)4-8/h2-5,7,13H,6H2,1H3,(H,11,12). The Morgan fingerprint density at radius 2 is 2.38 bits per heavy atom. The number of rotatable bonds is 2. The van der Waals surface area contributed by atoms with E-state index in [0.29, 0.717) is 0 Å². The summed E-state index contributed by atoms with van der Waals surface area (Å²) in [4.78, 5) is 0. The highest BCUT2D eigenvalue weighted by atomic mass is 16.3. The van der Waals surface area contributed by atoms with E-state index in [9.17, 15) is 0 Å². The normalized spacial score (nSPS) is 13.4. The minimum Gasteiger partial charge on any atom is -0.396 e. The van der Waals surface area contributed by atoms with Crippen LogP contribution in [0.3, 0.4) is 0 Å². The fraction of sp³-hybridized carbons (Fsp3) is 0.300. The summed E-state index contributed by atoms with van der Waals surface area (Å²) in [5.41, 5.74) is 2.16. The van der Waals surface area contributed by atoms with Crippen LogP contribution >= 0.6 is 0 Å². The van der Waals surface area contributed by atoms with Gasteiger partial charge in [0, 0.05) is 17.9 Å². The number of benzene rings is 1. The predicted octanol–water partition coefficient (Wildman–Crippen LogP) is 1.66. The number of aliphatic hydroxyl groups excluding tert-OH is 1. The first-order valence-corrected chi connectivity index (χ1v) is 4.35. The molecule has 2 rings (SSSR count). The number of nitrogens with zero attached hydrogens (tertiary/aromatic N) is 1. The maximum Gasteiger partial charge on any atom is 0.0653 e. The Morgan fingerprint density at radius 1 is 1.54 bits per heavy atom. The van der Waals surface area contributed by atoms with Crippen LogP contribution in [0.4, 0.5) is 0 Å². The maximum atomic E-state index is 8.99. The third-order valence-electron chi connectivity index (χ3n) is 2.31. The van der Waals surface area contributed by atoms with Crippen molar-refractivity contribution in [1.29, 1.82) is 0 Å². The fourth-order valence-corrected chi connectivity index (χ4v) is 1.37. The second-order valence-electron chi connectivity index (χ2n) is 3.30. The second kappa shape index (κ2) is 3.18. The molecule has 1 aromatic heterocycles. The van der Waals surface area contributed by atoms with Crippen molar-refractivity contribution in [3.8, 4) is 0 Å². The minimum absolute atomic E-state index is 0.180. The molecule has 3 nitrogen and oxygen atoms in total. The number of aromatic nitrogens is 2. The summed E-state index contributed by atoms with van der Waals surface area (Å²) in [7, 11) is 0. The van der Waals surface area contributed by atoms with Crippen LogP contribution in [0.15, 0.2) is 24.4 Å². The highest BCUT2D eigenvalue weighted by Gasteiger charge is 2.04. The summed E-state index contributed by atoms with van der Waals surface area (Å²) in [5.74, 6) is 0.188. The zero-order valence-corrected chi connectivity index (χ0v) is 7.49. The zero-order valence-electron chi connectivity index (χ0n) is 7.49. The van der Waals surface area contributed by atoms with Crippen LogP contribution in [-0.2, 0) is 0 Å². The van der Waals surface area contributed by atoms with Gasteiger partial charge in [-0.1, -0.05) is 19.1 Å². The van der Waals surface area contributed by atoms with Crippen LogP contribution in [0.2, 0.25) is 0 Å². The summed E-state index contributed by atoms with van der Waals surface area (Å²) in [6.07, 6.45) is 1.79. The van der Waals surface area contributed by atoms with Crippen molar-refractivity contribution in [3.63, 3.8) is 0 Å².